The van der Waals surface area contributed by atoms with Gasteiger partial charge in [0.1, 0.15) is 0 Å². The van der Waals surface area contributed by atoms with Gasteiger partial charge in [-0.3, -0.25) is 4.79 Å². The molecule has 1 amide bonds. The van der Waals surface area contributed by atoms with Crippen molar-refractivity contribution in [2.45, 2.75) is 26.8 Å². The van der Waals surface area contributed by atoms with E-state index in [1.807, 2.05) is 0 Å². The van der Waals surface area contributed by atoms with E-state index in [1.165, 1.54) is 0 Å². The molecule has 1 fully saturated rings. The molecule has 4 nitrogen and oxygen atoms in total. The van der Waals surface area contributed by atoms with Crippen LogP contribution in [-0.4, -0.2) is 41.7 Å². The second kappa shape index (κ2) is 3.87. The van der Waals surface area contributed by atoms with Crippen molar-refractivity contribution in [1.29, 1.82) is 0 Å². The summed E-state index contributed by atoms with van der Waals surface area (Å²) in [4.78, 5) is 13.4. The maximum absolute atomic E-state index is 11.6. The molecule has 1 heterocycles. The molecule has 1 rings (SSSR count). The fraction of sp³-hybridized carbons (Fsp3) is 0.900. The topological polar surface area (TPSA) is 66.6 Å². The van der Waals surface area contributed by atoms with Gasteiger partial charge in [0.25, 0.3) is 0 Å². The standard InChI is InChI=1S/C10H20N2O2/c1-7(11)9(14)12-4-8(5-13)10(2,3)6-12/h7-8,13H,4-6,11H2,1-3H3/t7-,8+/m1/s1. The quantitative estimate of drug-likeness (QED) is 0.649. The Bertz CT molecular complexity index is 226. The number of carbonyl (C=O) groups is 1. The van der Waals surface area contributed by atoms with Crippen molar-refractivity contribution in [3.05, 3.63) is 0 Å². The van der Waals surface area contributed by atoms with Gasteiger partial charge in [-0.05, 0) is 12.3 Å². The second-order valence-electron chi connectivity index (χ2n) is 4.88. The normalized spacial score (nSPS) is 27.8. The zero-order valence-electron chi connectivity index (χ0n) is 9.16. The first-order valence-electron chi connectivity index (χ1n) is 5.03. The molecule has 1 saturated heterocycles. The molecule has 0 spiro atoms. The summed E-state index contributed by atoms with van der Waals surface area (Å²) in [6, 6.07) is -0.441. The molecular weight excluding hydrogens is 180 g/mol. The Balaban J connectivity index is 2.67. The van der Waals surface area contributed by atoms with Gasteiger partial charge in [-0.25, -0.2) is 0 Å². The fourth-order valence-corrected chi connectivity index (χ4v) is 1.96. The highest BCUT2D eigenvalue weighted by atomic mass is 16.3. The number of carbonyl (C=O) groups excluding carboxylic acids is 1. The molecule has 0 aliphatic carbocycles. The first-order valence-corrected chi connectivity index (χ1v) is 5.03. The van der Waals surface area contributed by atoms with Gasteiger partial charge in [0.05, 0.1) is 6.04 Å². The van der Waals surface area contributed by atoms with Crippen molar-refractivity contribution >= 4 is 5.91 Å². The molecular formula is C10H20N2O2. The van der Waals surface area contributed by atoms with Gasteiger partial charge in [-0.2, -0.15) is 0 Å². The van der Waals surface area contributed by atoms with Gasteiger partial charge in [0.2, 0.25) is 5.91 Å². The Labute approximate surface area is 85.1 Å². The molecule has 2 atom stereocenters. The van der Waals surface area contributed by atoms with Crippen molar-refractivity contribution in [1.82, 2.24) is 4.90 Å². The van der Waals surface area contributed by atoms with Crippen molar-refractivity contribution in [2.75, 3.05) is 19.7 Å². The molecule has 0 aromatic heterocycles. The van der Waals surface area contributed by atoms with Crippen LogP contribution in [0.5, 0.6) is 0 Å². The first-order chi connectivity index (χ1) is 6.38. The number of rotatable bonds is 2. The molecule has 1 aliphatic heterocycles. The lowest BCUT2D eigenvalue weighted by atomic mass is 9.83. The van der Waals surface area contributed by atoms with Crippen LogP contribution in [0, 0.1) is 11.3 Å². The summed E-state index contributed by atoms with van der Waals surface area (Å²) in [6.07, 6.45) is 0. The number of aliphatic hydroxyl groups is 1. The lowest BCUT2D eigenvalue weighted by Crippen LogP contribution is -2.41. The zero-order chi connectivity index (χ0) is 10.9. The first kappa shape index (κ1) is 11.5. The van der Waals surface area contributed by atoms with Gasteiger partial charge in [-0.1, -0.05) is 13.8 Å². The number of hydrogen-bond donors (Lipinski definition) is 2. The highest BCUT2D eigenvalue weighted by molar-refractivity contribution is 5.81. The third-order valence-electron chi connectivity index (χ3n) is 3.07. The minimum absolute atomic E-state index is 0.000694. The van der Waals surface area contributed by atoms with Crippen LogP contribution in [0.4, 0.5) is 0 Å². The third kappa shape index (κ3) is 2.07. The Hall–Kier alpha value is -0.610. The molecule has 0 radical (unpaired) electrons. The van der Waals surface area contributed by atoms with E-state index in [4.69, 9.17) is 5.73 Å². The Morgan fingerprint density at radius 2 is 2.29 bits per heavy atom. The van der Waals surface area contributed by atoms with Crippen molar-refractivity contribution in [2.24, 2.45) is 17.1 Å². The Morgan fingerprint density at radius 1 is 1.71 bits per heavy atom. The molecule has 0 aromatic carbocycles. The summed E-state index contributed by atoms with van der Waals surface area (Å²) < 4.78 is 0. The van der Waals surface area contributed by atoms with E-state index in [0.717, 1.165) is 0 Å². The predicted octanol–water partition coefficient (Wildman–Crippen LogP) is -0.189. The molecule has 14 heavy (non-hydrogen) atoms. The van der Waals surface area contributed by atoms with Gasteiger partial charge in [0, 0.05) is 25.6 Å². The number of likely N-dealkylation sites (tertiary alicyclic amines) is 1. The van der Waals surface area contributed by atoms with E-state index in [1.54, 1.807) is 11.8 Å². The Kier molecular flexibility index (Phi) is 3.17. The fourth-order valence-electron chi connectivity index (χ4n) is 1.96. The van der Waals surface area contributed by atoms with E-state index in [9.17, 15) is 9.90 Å². The number of nitrogens with zero attached hydrogens (tertiary/aromatic N) is 1. The van der Waals surface area contributed by atoms with E-state index in [-0.39, 0.29) is 23.8 Å². The maximum Gasteiger partial charge on any atom is 0.239 e. The molecule has 0 bridgehead atoms. The van der Waals surface area contributed by atoms with Crippen molar-refractivity contribution < 1.29 is 9.90 Å². The van der Waals surface area contributed by atoms with Gasteiger partial charge in [-0.15, -0.1) is 0 Å². The minimum atomic E-state index is -0.441. The molecule has 3 N–H and O–H groups in total. The highest BCUT2D eigenvalue weighted by Crippen LogP contribution is 2.34. The van der Waals surface area contributed by atoms with Crippen molar-refractivity contribution in [3.8, 4) is 0 Å². The van der Waals surface area contributed by atoms with Crippen LogP contribution < -0.4 is 5.73 Å². The van der Waals surface area contributed by atoms with E-state index in [0.29, 0.717) is 13.1 Å². The summed E-state index contributed by atoms with van der Waals surface area (Å²) in [5.41, 5.74) is 5.54. The summed E-state index contributed by atoms with van der Waals surface area (Å²) >= 11 is 0. The summed E-state index contributed by atoms with van der Waals surface area (Å²) in [7, 11) is 0. The average molecular weight is 200 g/mol. The van der Waals surface area contributed by atoms with Crippen LogP contribution in [0.15, 0.2) is 0 Å². The summed E-state index contributed by atoms with van der Waals surface area (Å²) in [6.45, 7) is 7.30. The largest absolute Gasteiger partial charge is 0.396 e. The molecule has 0 saturated carbocycles. The molecule has 0 unspecified atom stereocenters. The number of aliphatic hydroxyl groups excluding tert-OH is 1. The van der Waals surface area contributed by atoms with Crippen LogP contribution in [0.2, 0.25) is 0 Å². The van der Waals surface area contributed by atoms with Crippen molar-refractivity contribution in [3.63, 3.8) is 0 Å². The van der Waals surface area contributed by atoms with Crippen LogP contribution in [0.3, 0.4) is 0 Å². The lowest BCUT2D eigenvalue weighted by molar-refractivity contribution is -0.131. The Morgan fingerprint density at radius 3 is 2.64 bits per heavy atom. The van der Waals surface area contributed by atoms with Crippen LogP contribution in [-0.2, 0) is 4.79 Å². The number of nitrogens with two attached hydrogens (primary N) is 1. The lowest BCUT2D eigenvalue weighted by Gasteiger charge is -2.23. The summed E-state index contributed by atoms with van der Waals surface area (Å²) in [5, 5.41) is 9.17. The second-order valence-corrected chi connectivity index (χ2v) is 4.88. The van der Waals surface area contributed by atoms with E-state index in [2.05, 4.69) is 13.8 Å². The van der Waals surface area contributed by atoms with Gasteiger partial charge >= 0.3 is 0 Å². The monoisotopic (exact) mass is 200 g/mol. The van der Waals surface area contributed by atoms with Crippen LogP contribution in [0.1, 0.15) is 20.8 Å². The molecule has 82 valence electrons. The SMILES string of the molecule is C[C@@H](N)C(=O)N1C[C@@H](CO)C(C)(C)C1. The summed E-state index contributed by atoms with van der Waals surface area (Å²) in [5.74, 6) is 0.152. The average Bonchev–Trinajstić information content (AvgIpc) is 2.39. The van der Waals surface area contributed by atoms with Crippen LogP contribution >= 0.6 is 0 Å². The van der Waals surface area contributed by atoms with E-state index < -0.39 is 6.04 Å². The van der Waals surface area contributed by atoms with Gasteiger partial charge in [0.15, 0.2) is 0 Å². The minimum Gasteiger partial charge on any atom is -0.396 e. The molecule has 4 heteroatoms. The zero-order valence-corrected chi connectivity index (χ0v) is 9.16. The highest BCUT2D eigenvalue weighted by Gasteiger charge is 2.41. The third-order valence-corrected chi connectivity index (χ3v) is 3.07. The van der Waals surface area contributed by atoms with Gasteiger partial charge < -0.3 is 15.7 Å². The molecule has 0 aromatic rings. The molecule has 1 aliphatic rings. The number of hydrogen-bond acceptors (Lipinski definition) is 3. The maximum atomic E-state index is 11.6. The smallest absolute Gasteiger partial charge is 0.239 e. The number of amides is 1. The van der Waals surface area contributed by atoms with E-state index >= 15 is 0 Å². The van der Waals surface area contributed by atoms with Crippen LogP contribution in [0.25, 0.3) is 0 Å². The predicted molar refractivity (Wildman–Crippen MR) is 54.6 cm³/mol.